The third kappa shape index (κ3) is 4.91. The number of thiophene rings is 1. The van der Waals surface area contributed by atoms with Crippen LogP contribution in [-0.2, 0) is 0 Å². The first-order valence-corrected chi connectivity index (χ1v) is 14.1. The molecule has 4 aromatic heterocycles. The van der Waals surface area contributed by atoms with Crippen molar-refractivity contribution in [2.24, 2.45) is 0 Å². The van der Waals surface area contributed by atoms with Gasteiger partial charge in [0.25, 0.3) is 5.91 Å². The van der Waals surface area contributed by atoms with Crippen molar-refractivity contribution in [1.82, 2.24) is 29.4 Å². The molecule has 1 aliphatic heterocycles. The number of nitrogens with one attached hydrogen (secondary N) is 1. The quantitative estimate of drug-likeness (QED) is 0.293. The Balaban J connectivity index is 0.00000336. The van der Waals surface area contributed by atoms with E-state index in [9.17, 15) is 9.18 Å². The number of halogens is 1. The molecule has 200 valence electrons. The summed E-state index contributed by atoms with van der Waals surface area (Å²) in [5.41, 5.74) is 6.27. The van der Waals surface area contributed by atoms with Crippen molar-refractivity contribution in [3.63, 3.8) is 0 Å². The first-order chi connectivity index (χ1) is 17.6. The summed E-state index contributed by atoms with van der Waals surface area (Å²) in [4.78, 5) is 26.2. The van der Waals surface area contributed by atoms with Crippen LogP contribution in [-0.4, -0.2) is 73.7 Å². The number of amides is 1. The highest BCUT2D eigenvalue weighted by atomic mass is 32.1. The second-order valence-corrected chi connectivity index (χ2v) is 12.0. The van der Waals surface area contributed by atoms with E-state index >= 15 is 0 Å². The number of aromatic nitrogens is 4. The van der Waals surface area contributed by atoms with Gasteiger partial charge in [-0.1, -0.05) is 13.8 Å². The fourth-order valence-corrected chi connectivity index (χ4v) is 6.79. The molecular formula is C28H39FN6OS. The maximum atomic E-state index is 13.6. The molecule has 3 unspecified atom stereocenters. The number of nitrogens with zero attached hydrogens (tertiary/aromatic N) is 5. The highest BCUT2D eigenvalue weighted by Gasteiger charge is 2.27. The smallest absolute Gasteiger partial charge is 0.264 e. The Labute approximate surface area is 223 Å². The van der Waals surface area contributed by atoms with Crippen LogP contribution in [0.1, 0.15) is 75.1 Å². The highest BCUT2D eigenvalue weighted by Crippen LogP contribution is 2.40. The number of carbonyl (C=O) groups excluding carboxylic acids is 1. The SMILES string of the molecule is Cc1cc(-c2[nH]c3cc(C(=O)N(C)C(C)CCC(C)N4CCC(F)C4)sc3c2C(C)C)cn2ncnc12.[HH]. The molecule has 1 fully saturated rings. The van der Waals surface area contributed by atoms with Gasteiger partial charge in [-0.05, 0) is 69.2 Å². The van der Waals surface area contributed by atoms with E-state index in [1.165, 1.54) is 5.56 Å². The van der Waals surface area contributed by atoms with Gasteiger partial charge in [0.05, 0.1) is 20.8 Å². The van der Waals surface area contributed by atoms with Crippen LogP contribution in [0.2, 0.25) is 0 Å². The van der Waals surface area contributed by atoms with Crippen LogP contribution >= 0.6 is 11.3 Å². The summed E-state index contributed by atoms with van der Waals surface area (Å²) in [6, 6.07) is 4.58. The summed E-state index contributed by atoms with van der Waals surface area (Å²) in [7, 11) is 1.89. The molecule has 1 saturated heterocycles. The van der Waals surface area contributed by atoms with Gasteiger partial charge >= 0.3 is 0 Å². The van der Waals surface area contributed by atoms with Crippen molar-refractivity contribution in [3.05, 3.63) is 40.7 Å². The molecule has 4 aromatic rings. The lowest BCUT2D eigenvalue weighted by Crippen LogP contribution is -2.37. The number of H-pyrrole nitrogens is 1. The number of hydrogen-bond donors (Lipinski definition) is 1. The molecular weight excluding hydrogens is 487 g/mol. The molecule has 0 saturated carbocycles. The first-order valence-electron chi connectivity index (χ1n) is 13.2. The molecule has 1 N–H and O–H groups in total. The van der Waals surface area contributed by atoms with Crippen LogP contribution in [0.25, 0.3) is 27.1 Å². The second-order valence-electron chi connectivity index (χ2n) is 10.9. The Hall–Kier alpha value is -2.78. The second kappa shape index (κ2) is 10.2. The summed E-state index contributed by atoms with van der Waals surface area (Å²) in [5, 5.41) is 4.33. The third-order valence-corrected chi connectivity index (χ3v) is 9.07. The summed E-state index contributed by atoms with van der Waals surface area (Å²) in [6.45, 7) is 12.1. The van der Waals surface area contributed by atoms with Crippen molar-refractivity contribution in [1.29, 1.82) is 0 Å². The van der Waals surface area contributed by atoms with Crippen LogP contribution in [0.4, 0.5) is 4.39 Å². The number of carbonyl (C=O) groups is 1. The fraction of sp³-hybridized carbons (Fsp3) is 0.536. The van der Waals surface area contributed by atoms with Gasteiger partial charge in [0, 0.05) is 45.4 Å². The van der Waals surface area contributed by atoms with Gasteiger partial charge in [-0.25, -0.2) is 13.9 Å². The molecule has 7 nitrogen and oxygen atoms in total. The van der Waals surface area contributed by atoms with Gasteiger partial charge in [0.15, 0.2) is 5.65 Å². The monoisotopic (exact) mass is 526 g/mol. The van der Waals surface area contributed by atoms with E-state index in [1.807, 2.05) is 35.6 Å². The average molecular weight is 527 g/mol. The Kier molecular flexibility index (Phi) is 7.11. The molecule has 0 aromatic carbocycles. The maximum Gasteiger partial charge on any atom is 0.264 e. The lowest BCUT2D eigenvalue weighted by Gasteiger charge is -2.28. The molecule has 1 aliphatic rings. The largest absolute Gasteiger partial charge is 0.354 e. The highest BCUT2D eigenvalue weighted by molar-refractivity contribution is 7.21. The normalized spacial score (nSPS) is 18.3. The van der Waals surface area contributed by atoms with Crippen LogP contribution in [0.15, 0.2) is 24.7 Å². The van der Waals surface area contributed by atoms with E-state index in [0.29, 0.717) is 19.0 Å². The summed E-state index contributed by atoms with van der Waals surface area (Å²) in [6.07, 6.45) is 5.37. The van der Waals surface area contributed by atoms with Gasteiger partial charge in [-0.3, -0.25) is 9.69 Å². The van der Waals surface area contributed by atoms with Crippen LogP contribution < -0.4 is 0 Å². The third-order valence-electron chi connectivity index (χ3n) is 7.91. The Bertz CT molecular complexity index is 1430. The summed E-state index contributed by atoms with van der Waals surface area (Å²) < 4.78 is 16.5. The van der Waals surface area contributed by atoms with Crippen molar-refractivity contribution >= 4 is 33.1 Å². The van der Waals surface area contributed by atoms with Gasteiger partial charge in [0.1, 0.15) is 12.5 Å². The number of aryl methyl sites for hydroxylation is 1. The van der Waals surface area contributed by atoms with E-state index in [0.717, 1.165) is 56.9 Å². The fourth-order valence-electron chi connectivity index (χ4n) is 5.49. The zero-order chi connectivity index (χ0) is 26.4. The molecule has 0 spiro atoms. The van der Waals surface area contributed by atoms with Gasteiger partial charge in [0.2, 0.25) is 0 Å². The summed E-state index contributed by atoms with van der Waals surface area (Å²) in [5.74, 6) is 0.334. The lowest BCUT2D eigenvalue weighted by atomic mass is 9.99. The number of alkyl halides is 1. The minimum absolute atomic E-state index is 0. The zero-order valence-electron chi connectivity index (χ0n) is 22.6. The molecule has 5 rings (SSSR count). The number of likely N-dealkylation sites (tertiary alicyclic amines) is 1. The van der Waals surface area contributed by atoms with Gasteiger partial charge in [-0.15, -0.1) is 11.3 Å². The Morgan fingerprint density at radius 2 is 2.08 bits per heavy atom. The minimum atomic E-state index is -0.696. The van der Waals surface area contributed by atoms with E-state index < -0.39 is 6.17 Å². The molecule has 0 aliphatic carbocycles. The van der Waals surface area contributed by atoms with E-state index in [4.69, 9.17) is 0 Å². The predicted octanol–water partition coefficient (Wildman–Crippen LogP) is 6.29. The Morgan fingerprint density at radius 1 is 1.30 bits per heavy atom. The van der Waals surface area contributed by atoms with E-state index in [1.54, 1.807) is 17.7 Å². The number of hydrogen-bond acceptors (Lipinski definition) is 5. The molecule has 0 bridgehead atoms. The van der Waals surface area contributed by atoms with Crippen LogP contribution in [0.5, 0.6) is 0 Å². The maximum absolute atomic E-state index is 13.6. The van der Waals surface area contributed by atoms with Crippen LogP contribution in [0.3, 0.4) is 0 Å². The van der Waals surface area contributed by atoms with E-state index in [2.05, 4.69) is 53.7 Å². The van der Waals surface area contributed by atoms with E-state index in [-0.39, 0.29) is 19.3 Å². The molecule has 0 radical (unpaired) electrons. The van der Waals surface area contributed by atoms with Crippen molar-refractivity contribution in [2.75, 3.05) is 20.1 Å². The predicted molar refractivity (Wildman–Crippen MR) is 150 cm³/mol. The van der Waals surface area contributed by atoms with Gasteiger partial charge < -0.3 is 9.88 Å². The van der Waals surface area contributed by atoms with Crippen molar-refractivity contribution in [3.8, 4) is 11.3 Å². The summed E-state index contributed by atoms with van der Waals surface area (Å²) >= 11 is 1.57. The first kappa shape index (κ1) is 25.9. The molecule has 9 heteroatoms. The number of pyridine rings is 1. The van der Waals surface area contributed by atoms with Crippen LogP contribution in [0, 0.1) is 6.92 Å². The molecule has 37 heavy (non-hydrogen) atoms. The Morgan fingerprint density at radius 3 is 2.78 bits per heavy atom. The minimum Gasteiger partial charge on any atom is -0.354 e. The standard InChI is InChI=1S/C28H37FN6OS.H2/c1-16(2)24-25(20-11-17(3)27-30-15-31-35(27)13-20)32-22-12-23(37-26(22)24)28(36)33(6)18(4)7-8-19(5)34-10-9-21(29)14-34;/h11-13,15-16,18-19,21,32H,7-10,14H2,1-6H3;1H. The molecule has 1 amide bonds. The number of aromatic amines is 1. The topological polar surface area (TPSA) is 69.5 Å². The van der Waals surface area contributed by atoms with Crippen molar-refractivity contribution < 1.29 is 10.6 Å². The average Bonchev–Trinajstić information content (AvgIpc) is 3.63. The van der Waals surface area contributed by atoms with Gasteiger partial charge in [-0.2, -0.15) is 5.10 Å². The number of fused-ring (bicyclic) bond motifs is 2. The molecule has 3 atom stereocenters. The van der Waals surface area contributed by atoms with Crippen molar-refractivity contribution in [2.45, 2.75) is 78.1 Å². The lowest BCUT2D eigenvalue weighted by molar-refractivity contribution is 0.0733. The number of rotatable bonds is 8. The zero-order valence-corrected chi connectivity index (χ0v) is 23.4. The molecule has 5 heterocycles.